The molecule has 0 fully saturated rings. The highest BCUT2D eigenvalue weighted by molar-refractivity contribution is 7.21. The second-order valence-electron chi connectivity index (χ2n) is 8.02. The van der Waals surface area contributed by atoms with Crippen LogP contribution < -0.4 is 5.32 Å². The first-order valence-electron chi connectivity index (χ1n) is 11.0. The van der Waals surface area contributed by atoms with Crippen molar-refractivity contribution in [2.75, 3.05) is 11.9 Å². The van der Waals surface area contributed by atoms with E-state index in [1.54, 1.807) is 18.5 Å². The number of ether oxygens (including phenoxy) is 1. The van der Waals surface area contributed by atoms with Gasteiger partial charge in [0.1, 0.15) is 11.3 Å². The van der Waals surface area contributed by atoms with Crippen LogP contribution in [0.1, 0.15) is 36.3 Å². The van der Waals surface area contributed by atoms with Crippen LogP contribution in [0.25, 0.3) is 37.2 Å². The number of aryl methyl sites for hydroxylation is 1. The number of aromatic nitrogens is 4. The van der Waals surface area contributed by atoms with Crippen molar-refractivity contribution in [1.82, 2.24) is 19.7 Å². The lowest BCUT2D eigenvalue weighted by Crippen LogP contribution is -2.19. The number of carbonyl (C=O) groups is 3. The van der Waals surface area contributed by atoms with E-state index in [1.807, 2.05) is 30.3 Å². The summed E-state index contributed by atoms with van der Waals surface area (Å²) in [6, 6.07) is 12.1. The van der Waals surface area contributed by atoms with E-state index in [2.05, 4.69) is 21.5 Å². The number of thiazole rings is 1. The molecule has 1 amide bonds. The van der Waals surface area contributed by atoms with E-state index in [0.29, 0.717) is 21.9 Å². The van der Waals surface area contributed by atoms with Gasteiger partial charge < -0.3 is 10.1 Å². The van der Waals surface area contributed by atoms with Crippen LogP contribution in [0.4, 0.5) is 5.69 Å². The van der Waals surface area contributed by atoms with Gasteiger partial charge in [0.15, 0.2) is 5.65 Å². The molecule has 0 bridgehead atoms. The van der Waals surface area contributed by atoms with Gasteiger partial charge in [-0.2, -0.15) is 9.78 Å². The molecule has 0 spiro atoms. The van der Waals surface area contributed by atoms with Crippen LogP contribution >= 0.6 is 11.3 Å². The molecule has 0 unspecified atom stereocenters. The van der Waals surface area contributed by atoms with Gasteiger partial charge in [0.2, 0.25) is 11.0 Å². The number of hydrogen-bond donors (Lipinski definition) is 1. The Bertz CT molecular complexity index is 1650. The molecular formula is C25H21N5O4S. The number of benzene rings is 2. The summed E-state index contributed by atoms with van der Waals surface area (Å²) in [5.74, 6) is -1.44. The zero-order valence-corrected chi connectivity index (χ0v) is 20.1. The van der Waals surface area contributed by atoms with E-state index < -0.39 is 11.9 Å². The molecule has 1 N–H and O–H groups in total. The normalized spacial score (nSPS) is 11.3. The van der Waals surface area contributed by atoms with Gasteiger partial charge in [-0.05, 0) is 32.2 Å². The first-order chi connectivity index (χ1) is 16.9. The number of fused-ring (bicyclic) bond motifs is 4. The topological polar surface area (TPSA) is 116 Å². The highest BCUT2D eigenvalue weighted by Gasteiger charge is 2.25. The van der Waals surface area contributed by atoms with Crippen molar-refractivity contribution >= 4 is 66.7 Å². The Kier molecular flexibility index (Phi) is 5.73. The molecule has 0 aliphatic heterocycles. The zero-order chi connectivity index (χ0) is 24.7. The molecule has 0 saturated carbocycles. The van der Waals surface area contributed by atoms with Crippen molar-refractivity contribution in [3.63, 3.8) is 0 Å². The number of amides is 1. The lowest BCUT2D eigenvalue weighted by molar-refractivity contribution is -0.124. The Labute approximate surface area is 203 Å². The largest absolute Gasteiger partial charge is 0.462 e. The summed E-state index contributed by atoms with van der Waals surface area (Å²) >= 11 is 1.46. The minimum atomic E-state index is -0.614. The van der Waals surface area contributed by atoms with Crippen molar-refractivity contribution in [1.29, 1.82) is 0 Å². The third-order valence-electron chi connectivity index (χ3n) is 5.51. The number of pyridine rings is 1. The number of nitrogens with zero attached hydrogens (tertiary/aromatic N) is 4. The van der Waals surface area contributed by atoms with Gasteiger partial charge in [-0.25, -0.2) is 14.8 Å². The molecular weight excluding hydrogens is 466 g/mol. The smallest absolute Gasteiger partial charge is 0.342 e. The standard InChI is InChI=1S/C25H21N5O4S/c1-4-34-24(33)20-14(3)27-23-17(22(20)28-19(32)11-13(2)31)12-26-30(23)25-29-21-16-8-6-5-7-15(16)9-10-18(21)35-25/h5-10,12H,4,11H2,1-3H3,(H,27,28,32). The molecule has 9 nitrogen and oxygen atoms in total. The molecule has 0 aliphatic rings. The third-order valence-corrected chi connectivity index (χ3v) is 6.50. The molecule has 35 heavy (non-hydrogen) atoms. The van der Waals surface area contributed by atoms with Gasteiger partial charge in [-0.3, -0.25) is 9.59 Å². The van der Waals surface area contributed by atoms with Crippen LogP contribution in [0.3, 0.4) is 0 Å². The van der Waals surface area contributed by atoms with Gasteiger partial charge in [0.05, 0.1) is 46.2 Å². The van der Waals surface area contributed by atoms with Gasteiger partial charge >= 0.3 is 5.97 Å². The Hall–Kier alpha value is -4.18. The number of carbonyl (C=O) groups excluding carboxylic acids is 3. The molecule has 0 atom stereocenters. The first-order valence-corrected chi connectivity index (χ1v) is 11.8. The third kappa shape index (κ3) is 4.01. The zero-order valence-electron chi connectivity index (χ0n) is 19.3. The monoisotopic (exact) mass is 487 g/mol. The van der Waals surface area contributed by atoms with Crippen molar-refractivity contribution in [3.05, 3.63) is 53.9 Å². The van der Waals surface area contributed by atoms with E-state index in [0.717, 1.165) is 21.0 Å². The number of Topliss-reactive ketones (excluding diaryl/α,β-unsaturated/α-hetero) is 1. The number of anilines is 1. The molecule has 3 heterocycles. The molecule has 176 valence electrons. The number of hydrogen-bond acceptors (Lipinski definition) is 8. The molecule has 3 aromatic heterocycles. The summed E-state index contributed by atoms with van der Waals surface area (Å²) in [4.78, 5) is 46.2. The fourth-order valence-corrected chi connectivity index (χ4v) is 4.97. The maximum atomic E-state index is 12.7. The molecule has 2 aromatic carbocycles. The summed E-state index contributed by atoms with van der Waals surface area (Å²) in [6.07, 6.45) is 1.21. The van der Waals surface area contributed by atoms with Crippen molar-refractivity contribution in [2.24, 2.45) is 0 Å². The fraction of sp³-hybridized carbons (Fsp3) is 0.200. The highest BCUT2D eigenvalue weighted by Crippen LogP contribution is 2.34. The van der Waals surface area contributed by atoms with E-state index in [9.17, 15) is 14.4 Å². The van der Waals surface area contributed by atoms with Crippen molar-refractivity contribution in [2.45, 2.75) is 27.2 Å². The summed E-state index contributed by atoms with van der Waals surface area (Å²) in [7, 11) is 0. The van der Waals surface area contributed by atoms with E-state index in [-0.39, 0.29) is 30.1 Å². The summed E-state index contributed by atoms with van der Waals surface area (Å²) < 4.78 is 7.79. The van der Waals surface area contributed by atoms with Gasteiger partial charge in [0, 0.05) is 5.39 Å². The highest BCUT2D eigenvalue weighted by atomic mass is 32.1. The average Bonchev–Trinajstić information content (AvgIpc) is 3.42. The maximum Gasteiger partial charge on any atom is 0.342 e. The predicted molar refractivity (Wildman–Crippen MR) is 134 cm³/mol. The van der Waals surface area contributed by atoms with Crippen LogP contribution in [0.2, 0.25) is 0 Å². The molecule has 0 radical (unpaired) electrons. The Morgan fingerprint density at radius 1 is 1.09 bits per heavy atom. The maximum absolute atomic E-state index is 12.7. The summed E-state index contributed by atoms with van der Waals surface area (Å²) in [6.45, 7) is 4.85. The summed E-state index contributed by atoms with van der Waals surface area (Å²) in [5.41, 5.74) is 2.00. The Morgan fingerprint density at radius 2 is 1.89 bits per heavy atom. The SMILES string of the molecule is CCOC(=O)c1c(C)nc2c(cnn2-c2nc3c(ccc4ccccc43)s2)c1NC(=O)CC(C)=O. The predicted octanol–water partition coefficient (Wildman–Crippen LogP) is 4.59. The van der Waals surface area contributed by atoms with Crippen molar-refractivity contribution < 1.29 is 19.1 Å². The minimum absolute atomic E-state index is 0.131. The minimum Gasteiger partial charge on any atom is -0.462 e. The van der Waals surface area contributed by atoms with Crippen molar-refractivity contribution in [3.8, 4) is 5.13 Å². The number of nitrogens with one attached hydrogen (secondary N) is 1. The fourth-order valence-electron chi connectivity index (χ4n) is 4.03. The lowest BCUT2D eigenvalue weighted by atomic mass is 10.1. The summed E-state index contributed by atoms with van der Waals surface area (Å²) in [5, 5.41) is 10.4. The molecule has 0 aliphatic carbocycles. The van der Waals surface area contributed by atoms with Crippen LogP contribution in [-0.4, -0.2) is 44.0 Å². The van der Waals surface area contributed by atoms with E-state index in [4.69, 9.17) is 9.72 Å². The quantitative estimate of drug-likeness (QED) is 0.275. The second-order valence-corrected chi connectivity index (χ2v) is 9.03. The first kappa shape index (κ1) is 22.6. The van der Waals surface area contributed by atoms with Crippen LogP contribution in [0.5, 0.6) is 0 Å². The lowest BCUT2D eigenvalue weighted by Gasteiger charge is -2.13. The van der Waals surface area contributed by atoms with Crippen LogP contribution in [0.15, 0.2) is 42.6 Å². The number of rotatable bonds is 6. The van der Waals surface area contributed by atoms with Gasteiger partial charge in [-0.15, -0.1) is 0 Å². The van der Waals surface area contributed by atoms with Gasteiger partial charge in [-0.1, -0.05) is 41.7 Å². The average molecular weight is 488 g/mol. The number of esters is 1. The Morgan fingerprint density at radius 3 is 2.66 bits per heavy atom. The van der Waals surface area contributed by atoms with Gasteiger partial charge in [0.25, 0.3) is 0 Å². The van der Waals surface area contributed by atoms with E-state index >= 15 is 0 Å². The van der Waals surface area contributed by atoms with Crippen LogP contribution in [-0.2, 0) is 14.3 Å². The molecule has 0 saturated heterocycles. The second kappa shape index (κ2) is 8.88. The molecule has 5 aromatic rings. The van der Waals surface area contributed by atoms with E-state index in [1.165, 1.54) is 24.5 Å². The molecule has 10 heteroatoms. The Balaban J connectivity index is 1.70. The molecule has 5 rings (SSSR count). The number of ketones is 1. The van der Waals surface area contributed by atoms with Crippen LogP contribution in [0, 0.1) is 6.92 Å².